The van der Waals surface area contributed by atoms with Crippen LogP contribution in [-0.4, -0.2) is 31.5 Å². The predicted octanol–water partition coefficient (Wildman–Crippen LogP) is 2.28. The van der Waals surface area contributed by atoms with Gasteiger partial charge in [0, 0.05) is 37.2 Å². The molecule has 0 bridgehead atoms. The first-order chi connectivity index (χ1) is 8.15. The van der Waals surface area contributed by atoms with Crippen molar-refractivity contribution in [2.24, 2.45) is 0 Å². The average Bonchev–Trinajstić information content (AvgIpc) is 2.29. The Labute approximate surface area is 101 Å². The predicted molar refractivity (Wildman–Crippen MR) is 65.5 cm³/mol. The number of halogens is 2. The van der Waals surface area contributed by atoms with E-state index in [1.165, 1.54) is 0 Å². The third-order valence-electron chi connectivity index (χ3n) is 2.44. The molecule has 0 aliphatic rings. The molecule has 1 aromatic heterocycles. The summed E-state index contributed by atoms with van der Waals surface area (Å²) in [5.74, 6) is 0. The highest BCUT2D eigenvalue weighted by atomic mass is 19.3. The van der Waals surface area contributed by atoms with E-state index in [9.17, 15) is 8.78 Å². The number of anilines is 1. The Bertz CT molecular complexity index is 331. The average molecular weight is 243 g/mol. The van der Waals surface area contributed by atoms with Crippen LogP contribution in [-0.2, 0) is 6.54 Å². The SMILES string of the molecule is CCCNCc1cnccc1N(C)CC(F)F. The second-order valence-corrected chi connectivity index (χ2v) is 3.95. The molecule has 96 valence electrons. The topological polar surface area (TPSA) is 28.2 Å². The molecule has 1 aromatic rings. The smallest absolute Gasteiger partial charge is 0.255 e. The van der Waals surface area contributed by atoms with Crippen LogP contribution in [0.3, 0.4) is 0 Å². The molecule has 3 nitrogen and oxygen atoms in total. The zero-order valence-corrected chi connectivity index (χ0v) is 10.3. The summed E-state index contributed by atoms with van der Waals surface area (Å²) in [5, 5.41) is 3.25. The largest absolute Gasteiger partial charge is 0.369 e. The van der Waals surface area contributed by atoms with Gasteiger partial charge < -0.3 is 10.2 Å². The van der Waals surface area contributed by atoms with Gasteiger partial charge in [-0.3, -0.25) is 4.98 Å². The number of pyridine rings is 1. The Morgan fingerprint density at radius 2 is 2.24 bits per heavy atom. The highest BCUT2D eigenvalue weighted by Gasteiger charge is 2.11. The zero-order valence-electron chi connectivity index (χ0n) is 10.3. The summed E-state index contributed by atoms with van der Waals surface area (Å²) in [6, 6.07) is 1.77. The van der Waals surface area contributed by atoms with Crippen LogP contribution in [0.25, 0.3) is 0 Å². The van der Waals surface area contributed by atoms with Crippen LogP contribution in [0.1, 0.15) is 18.9 Å². The molecule has 0 aliphatic heterocycles. The van der Waals surface area contributed by atoms with E-state index in [0.717, 1.165) is 24.2 Å². The van der Waals surface area contributed by atoms with Gasteiger partial charge in [-0.1, -0.05) is 6.92 Å². The summed E-state index contributed by atoms with van der Waals surface area (Å²) >= 11 is 0. The summed E-state index contributed by atoms with van der Waals surface area (Å²) < 4.78 is 24.7. The molecular formula is C12H19F2N3. The van der Waals surface area contributed by atoms with Gasteiger partial charge in [-0.05, 0) is 19.0 Å². The van der Waals surface area contributed by atoms with Gasteiger partial charge in [0.25, 0.3) is 6.43 Å². The summed E-state index contributed by atoms with van der Waals surface area (Å²) in [6.45, 7) is 3.39. The summed E-state index contributed by atoms with van der Waals surface area (Å²) in [7, 11) is 1.67. The molecule has 0 amide bonds. The molecule has 5 heteroatoms. The molecule has 0 unspecified atom stereocenters. The maximum Gasteiger partial charge on any atom is 0.255 e. The van der Waals surface area contributed by atoms with Gasteiger partial charge in [0.1, 0.15) is 0 Å². The van der Waals surface area contributed by atoms with E-state index >= 15 is 0 Å². The number of aromatic nitrogens is 1. The summed E-state index contributed by atoms with van der Waals surface area (Å²) in [5.41, 5.74) is 1.76. The van der Waals surface area contributed by atoms with Gasteiger partial charge in [-0.2, -0.15) is 0 Å². The maximum absolute atomic E-state index is 12.3. The molecule has 17 heavy (non-hydrogen) atoms. The molecule has 0 saturated carbocycles. The molecule has 0 atom stereocenters. The van der Waals surface area contributed by atoms with Crippen molar-refractivity contribution < 1.29 is 8.78 Å². The van der Waals surface area contributed by atoms with E-state index in [1.807, 2.05) is 0 Å². The lowest BCUT2D eigenvalue weighted by Crippen LogP contribution is -2.26. The van der Waals surface area contributed by atoms with Crippen LogP contribution < -0.4 is 10.2 Å². The molecule has 0 spiro atoms. The van der Waals surface area contributed by atoms with Crippen molar-refractivity contribution in [1.82, 2.24) is 10.3 Å². The highest BCUT2D eigenvalue weighted by molar-refractivity contribution is 5.51. The molecule has 1 heterocycles. The number of nitrogens with one attached hydrogen (secondary N) is 1. The molecule has 0 radical (unpaired) electrons. The fourth-order valence-electron chi connectivity index (χ4n) is 1.63. The third-order valence-corrected chi connectivity index (χ3v) is 2.44. The first kappa shape index (κ1) is 13.8. The van der Waals surface area contributed by atoms with Gasteiger partial charge in [0.15, 0.2) is 0 Å². The Balaban J connectivity index is 2.69. The minimum Gasteiger partial charge on any atom is -0.369 e. The van der Waals surface area contributed by atoms with Crippen molar-refractivity contribution >= 4 is 5.69 Å². The van der Waals surface area contributed by atoms with Crippen molar-refractivity contribution in [3.63, 3.8) is 0 Å². The monoisotopic (exact) mass is 243 g/mol. The second-order valence-electron chi connectivity index (χ2n) is 3.95. The van der Waals surface area contributed by atoms with Crippen LogP contribution in [0.4, 0.5) is 14.5 Å². The second kappa shape index (κ2) is 7.17. The standard InChI is InChI=1S/C12H19F2N3/c1-3-5-15-7-10-8-16-6-4-11(10)17(2)9-12(13)14/h4,6,8,12,15H,3,5,7,9H2,1-2H3. The minimum absolute atomic E-state index is 0.259. The Kier molecular flexibility index (Phi) is 5.83. The zero-order chi connectivity index (χ0) is 12.7. The lowest BCUT2D eigenvalue weighted by atomic mass is 10.2. The first-order valence-corrected chi connectivity index (χ1v) is 5.78. The molecule has 0 aliphatic carbocycles. The van der Waals surface area contributed by atoms with Crippen molar-refractivity contribution in [3.05, 3.63) is 24.0 Å². The summed E-state index contributed by atoms with van der Waals surface area (Å²) in [6.07, 6.45) is 2.06. The van der Waals surface area contributed by atoms with E-state index in [2.05, 4.69) is 17.2 Å². The number of hydrogen-bond acceptors (Lipinski definition) is 3. The first-order valence-electron chi connectivity index (χ1n) is 5.78. The van der Waals surface area contributed by atoms with Crippen LogP contribution in [0.2, 0.25) is 0 Å². The van der Waals surface area contributed by atoms with Crippen molar-refractivity contribution in [3.8, 4) is 0 Å². The van der Waals surface area contributed by atoms with Crippen LogP contribution in [0, 0.1) is 0 Å². The molecule has 0 fully saturated rings. The fourth-order valence-corrected chi connectivity index (χ4v) is 1.63. The van der Waals surface area contributed by atoms with Crippen LogP contribution in [0.15, 0.2) is 18.5 Å². The van der Waals surface area contributed by atoms with Gasteiger partial charge in [0.05, 0.1) is 6.54 Å². The number of alkyl halides is 2. The highest BCUT2D eigenvalue weighted by Crippen LogP contribution is 2.18. The van der Waals surface area contributed by atoms with E-state index in [0.29, 0.717) is 6.54 Å². The van der Waals surface area contributed by atoms with Crippen molar-refractivity contribution in [2.75, 3.05) is 25.0 Å². The lowest BCUT2D eigenvalue weighted by Gasteiger charge is -2.21. The van der Waals surface area contributed by atoms with Crippen molar-refractivity contribution in [2.45, 2.75) is 26.3 Å². The Morgan fingerprint density at radius 1 is 1.47 bits per heavy atom. The van der Waals surface area contributed by atoms with E-state index in [-0.39, 0.29) is 6.54 Å². The molecule has 1 N–H and O–H groups in total. The maximum atomic E-state index is 12.3. The normalized spacial score (nSPS) is 10.9. The fraction of sp³-hybridized carbons (Fsp3) is 0.583. The number of rotatable bonds is 7. The van der Waals surface area contributed by atoms with Gasteiger partial charge in [-0.15, -0.1) is 0 Å². The Morgan fingerprint density at radius 3 is 2.88 bits per heavy atom. The van der Waals surface area contributed by atoms with Crippen LogP contribution in [0.5, 0.6) is 0 Å². The molecule has 1 rings (SSSR count). The molecular weight excluding hydrogens is 224 g/mol. The number of hydrogen-bond donors (Lipinski definition) is 1. The molecule has 0 aromatic carbocycles. The van der Waals surface area contributed by atoms with Crippen LogP contribution >= 0.6 is 0 Å². The van der Waals surface area contributed by atoms with E-state index in [1.54, 1.807) is 30.4 Å². The summed E-state index contributed by atoms with van der Waals surface area (Å²) in [4.78, 5) is 5.60. The molecule has 0 saturated heterocycles. The quantitative estimate of drug-likeness (QED) is 0.745. The van der Waals surface area contributed by atoms with Crippen molar-refractivity contribution in [1.29, 1.82) is 0 Å². The Hall–Kier alpha value is -1.23. The minimum atomic E-state index is -2.33. The number of nitrogens with zero attached hydrogens (tertiary/aromatic N) is 2. The van der Waals surface area contributed by atoms with Gasteiger partial charge >= 0.3 is 0 Å². The van der Waals surface area contributed by atoms with Gasteiger partial charge in [-0.25, -0.2) is 8.78 Å². The third kappa shape index (κ3) is 4.65. The van der Waals surface area contributed by atoms with Gasteiger partial charge in [0.2, 0.25) is 0 Å². The van der Waals surface area contributed by atoms with E-state index < -0.39 is 6.43 Å². The van der Waals surface area contributed by atoms with E-state index in [4.69, 9.17) is 0 Å². The lowest BCUT2D eigenvalue weighted by molar-refractivity contribution is 0.156.